The number of nitrogens with zero attached hydrogens (tertiary/aromatic N) is 1. The largest absolute Gasteiger partial charge is 0.281 e. The first-order valence-corrected chi connectivity index (χ1v) is 4.80. The van der Waals surface area contributed by atoms with Crippen molar-refractivity contribution in [3.05, 3.63) is 0 Å². The number of carbonyl (C=O) groups excluding carboxylic acids is 2. The van der Waals surface area contributed by atoms with E-state index < -0.39 is 0 Å². The standard InChI is InChI=1S/C11H13NO2/c1-4-5-6-12-9(13)7-8(10(12)14)11(7,2)3/h1,7-8H,5-6H2,2-3H3. The molecule has 2 amide bonds. The molecule has 14 heavy (non-hydrogen) atoms. The quantitative estimate of drug-likeness (QED) is 0.474. The summed E-state index contributed by atoms with van der Waals surface area (Å²) in [6.07, 6.45) is 5.55. The van der Waals surface area contributed by atoms with E-state index in [1.807, 2.05) is 13.8 Å². The Morgan fingerprint density at radius 2 is 1.86 bits per heavy atom. The molecule has 74 valence electrons. The number of carbonyl (C=O) groups is 2. The van der Waals surface area contributed by atoms with Crippen molar-refractivity contribution in [1.82, 2.24) is 4.90 Å². The molecule has 2 aliphatic rings. The molecule has 1 heterocycles. The average molecular weight is 191 g/mol. The molecule has 0 aromatic heterocycles. The first-order chi connectivity index (χ1) is 6.51. The van der Waals surface area contributed by atoms with Gasteiger partial charge in [-0.25, -0.2) is 0 Å². The Kier molecular flexibility index (Phi) is 1.72. The van der Waals surface area contributed by atoms with E-state index in [4.69, 9.17) is 6.42 Å². The van der Waals surface area contributed by atoms with Gasteiger partial charge < -0.3 is 0 Å². The zero-order valence-electron chi connectivity index (χ0n) is 8.41. The van der Waals surface area contributed by atoms with Crippen LogP contribution in [-0.4, -0.2) is 23.3 Å². The fourth-order valence-corrected chi connectivity index (χ4v) is 2.40. The number of rotatable bonds is 2. The topological polar surface area (TPSA) is 37.4 Å². The van der Waals surface area contributed by atoms with Gasteiger partial charge in [0.15, 0.2) is 0 Å². The first kappa shape index (κ1) is 9.26. The highest BCUT2D eigenvalue weighted by atomic mass is 16.2. The van der Waals surface area contributed by atoms with Crippen LogP contribution in [0.2, 0.25) is 0 Å². The van der Waals surface area contributed by atoms with Crippen LogP contribution in [-0.2, 0) is 9.59 Å². The van der Waals surface area contributed by atoms with Crippen molar-refractivity contribution in [3.63, 3.8) is 0 Å². The maximum Gasteiger partial charge on any atom is 0.233 e. The van der Waals surface area contributed by atoms with Crippen LogP contribution in [0.1, 0.15) is 20.3 Å². The van der Waals surface area contributed by atoms with Gasteiger partial charge >= 0.3 is 0 Å². The first-order valence-electron chi connectivity index (χ1n) is 4.80. The van der Waals surface area contributed by atoms with Crippen molar-refractivity contribution in [2.75, 3.05) is 6.54 Å². The number of amides is 2. The van der Waals surface area contributed by atoms with E-state index in [0.717, 1.165) is 0 Å². The molecular formula is C11H13NO2. The van der Waals surface area contributed by atoms with Crippen LogP contribution in [0.5, 0.6) is 0 Å². The zero-order chi connectivity index (χ0) is 10.5. The Bertz CT molecular complexity index is 327. The number of hydrogen-bond donors (Lipinski definition) is 0. The van der Waals surface area contributed by atoms with E-state index in [2.05, 4.69) is 5.92 Å². The third-order valence-electron chi connectivity index (χ3n) is 3.37. The Hall–Kier alpha value is -1.30. The van der Waals surface area contributed by atoms with Gasteiger partial charge in [-0.05, 0) is 5.41 Å². The van der Waals surface area contributed by atoms with Gasteiger partial charge in [-0.15, -0.1) is 12.3 Å². The monoisotopic (exact) mass is 191 g/mol. The third kappa shape index (κ3) is 0.942. The van der Waals surface area contributed by atoms with Gasteiger partial charge in [0, 0.05) is 13.0 Å². The highest BCUT2D eigenvalue weighted by Gasteiger charge is 2.72. The molecule has 1 aliphatic heterocycles. The van der Waals surface area contributed by atoms with Crippen LogP contribution in [0.25, 0.3) is 0 Å². The molecule has 1 saturated carbocycles. The lowest BCUT2D eigenvalue weighted by Gasteiger charge is -2.19. The van der Waals surface area contributed by atoms with Crippen molar-refractivity contribution < 1.29 is 9.59 Å². The highest BCUT2D eigenvalue weighted by molar-refractivity contribution is 6.10. The van der Waals surface area contributed by atoms with Gasteiger partial charge in [0.05, 0.1) is 11.8 Å². The van der Waals surface area contributed by atoms with E-state index in [1.54, 1.807) is 0 Å². The van der Waals surface area contributed by atoms with Crippen molar-refractivity contribution >= 4 is 11.8 Å². The van der Waals surface area contributed by atoms with Gasteiger partial charge in [0.2, 0.25) is 11.8 Å². The van der Waals surface area contributed by atoms with Crippen LogP contribution in [0, 0.1) is 29.6 Å². The molecule has 3 nitrogen and oxygen atoms in total. The number of hydrogen-bond acceptors (Lipinski definition) is 2. The average Bonchev–Trinajstić information content (AvgIpc) is 2.57. The number of imide groups is 1. The predicted molar refractivity (Wildman–Crippen MR) is 50.9 cm³/mol. The van der Waals surface area contributed by atoms with Gasteiger partial charge in [-0.1, -0.05) is 13.8 Å². The van der Waals surface area contributed by atoms with Crippen LogP contribution < -0.4 is 0 Å². The lowest BCUT2D eigenvalue weighted by molar-refractivity contribution is -0.142. The number of likely N-dealkylation sites (tertiary alicyclic amines) is 1. The fraction of sp³-hybridized carbons (Fsp3) is 0.636. The summed E-state index contributed by atoms with van der Waals surface area (Å²) in [5.41, 5.74) is -0.110. The van der Waals surface area contributed by atoms with E-state index >= 15 is 0 Å². The van der Waals surface area contributed by atoms with E-state index in [-0.39, 0.29) is 29.1 Å². The molecule has 3 heteroatoms. The molecule has 2 fully saturated rings. The molecule has 0 N–H and O–H groups in total. The molecule has 2 rings (SSSR count). The maximum atomic E-state index is 11.7. The number of fused-ring (bicyclic) bond motifs is 1. The molecule has 2 atom stereocenters. The van der Waals surface area contributed by atoms with Crippen LogP contribution in [0.15, 0.2) is 0 Å². The Morgan fingerprint density at radius 3 is 2.29 bits per heavy atom. The Morgan fingerprint density at radius 1 is 1.36 bits per heavy atom. The predicted octanol–water partition coefficient (Wildman–Crippen LogP) is 0.651. The molecule has 0 spiro atoms. The summed E-state index contributed by atoms with van der Waals surface area (Å²) in [5, 5.41) is 0. The number of terminal acetylenes is 1. The lowest BCUT2D eigenvalue weighted by Crippen LogP contribution is -2.36. The second-order valence-corrected chi connectivity index (χ2v) is 4.56. The summed E-state index contributed by atoms with van der Waals surface area (Å²) in [4.78, 5) is 24.8. The molecular weight excluding hydrogens is 178 g/mol. The Balaban J connectivity index is 2.11. The van der Waals surface area contributed by atoms with Crippen LogP contribution in [0.4, 0.5) is 0 Å². The van der Waals surface area contributed by atoms with Crippen molar-refractivity contribution in [2.24, 2.45) is 17.3 Å². The second-order valence-electron chi connectivity index (χ2n) is 4.56. The maximum absolute atomic E-state index is 11.7. The molecule has 0 aromatic rings. The van der Waals surface area contributed by atoms with Gasteiger partial charge in [-0.2, -0.15) is 0 Å². The summed E-state index contributed by atoms with van der Waals surface area (Å²) in [6.45, 7) is 4.32. The second kappa shape index (κ2) is 2.60. The summed E-state index contributed by atoms with van der Waals surface area (Å²) in [7, 11) is 0. The van der Waals surface area contributed by atoms with E-state index in [9.17, 15) is 9.59 Å². The Labute approximate surface area is 83.5 Å². The molecule has 2 unspecified atom stereocenters. The van der Waals surface area contributed by atoms with Gasteiger partial charge in [0.1, 0.15) is 0 Å². The fourth-order valence-electron chi connectivity index (χ4n) is 2.40. The van der Waals surface area contributed by atoms with Crippen LogP contribution >= 0.6 is 0 Å². The van der Waals surface area contributed by atoms with Crippen molar-refractivity contribution in [3.8, 4) is 12.3 Å². The molecule has 0 radical (unpaired) electrons. The molecule has 1 saturated heterocycles. The zero-order valence-corrected chi connectivity index (χ0v) is 8.41. The van der Waals surface area contributed by atoms with Gasteiger partial charge in [-0.3, -0.25) is 14.5 Å². The van der Waals surface area contributed by atoms with Crippen molar-refractivity contribution in [1.29, 1.82) is 0 Å². The summed E-state index contributed by atoms with van der Waals surface area (Å²) >= 11 is 0. The van der Waals surface area contributed by atoms with E-state index in [1.165, 1.54) is 4.90 Å². The highest BCUT2D eigenvalue weighted by Crippen LogP contribution is 2.63. The summed E-state index contributed by atoms with van der Waals surface area (Å²) < 4.78 is 0. The van der Waals surface area contributed by atoms with E-state index in [0.29, 0.717) is 13.0 Å². The van der Waals surface area contributed by atoms with Crippen LogP contribution in [0.3, 0.4) is 0 Å². The molecule has 0 bridgehead atoms. The smallest absolute Gasteiger partial charge is 0.233 e. The SMILES string of the molecule is C#CCCN1C(=O)C2C(C1=O)C2(C)C. The summed E-state index contributed by atoms with van der Waals surface area (Å²) in [6, 6.07) is 0. The summed E-state index contributed by atoms with van der Waals surface area (Å²) in [5.74, 6) is 2.23. The molecule has 0 aromatic carbocycles. The normalized spacial score (nSPS) is 32.8. The minimum absolute atomic E-state index is 0.0275. The molecule has 1 aliphatic carbocycles. The lowest BCUT2D eigenvalue weighted by atomic mass is 10.1. The number of piperidine rings is 1. The van der Waals surface area contributed by atoms with Gasteiger partial charge in [0.25, 0.3) is 0 Å². The minimum atomic E-state index is -0.110. The minimum Gasteiger partial charge on any atom is -0.281 e. The van der Waals surface area contributed by atoms with Crippen molar-refractivity contribution in [2.45, 2.75) is 20.3 Å². The third-order valence-corrected chi connectivity index (χ3v) is 3.37.